The van der Waals surface area contributed by atoms with E-state index >= 15 is 0 Å². The Morgan fingerprint density at radius 1 is 1.19 bits per heavy atom. The Balaban J connectivity index is 1.59. The van der Waals surface area contributed by atoms with Crippen LogP contribution in [-0.2, 0) is 15.6 Å². The van der Waals surface area contributed by atoms with Gasteiger partial charge in [0.2, 0.25) is 5.91 Å². The van der Waals surface area contributed by atoms with Crippen LogP contribution in [0.3, 0.4) is 0 Å². The molecule has 0 spiro atoms. The smallest absolute Gasteiger partial charge is 0.230 e. The minimum atomic E-state index is -0.273. The molecule has 3 nitrogen and oxygen atoms in total. The van der Waals surface area contributed by atoms with Gasteiger partial charge in [-0.1, -0.05) is 57.2 Å². The van der Waals surface area contributed by atoms with Crippen LogP contribution >= 0.6 is 0 Å². The summed E-state index contributed by atoms with van der Waals surface area (Å²) in [6, 6.07) is 9.04. The van der Waals surface area contributed by atoms with Gasteiger partial charge in [-0.05, 0) is 49.1 Å². The molecule has 1 aromatic rings. The average molecular weight is 355 g/mol. The van der Waals surface area contributed by atoms with E-state index in [1.807, 2.05) is 0 Å². The molecule has 26 heavy (non-hydrogen) atoms. The van der Waals surface area contributed by atoms with Crippen molar-refractivity contribution < 1.29 is 4.79 Å². The van der Waals surface area contributed by atoms with Crippen molar-refractivity contribution in [1.82, 2.24) is 10.2 Å². The normalized spacial score (nSPS) is 20.6. The van der Waals surface area contributed by atoms with Gasteiger partial charge in [-0.25, -0.2) is 0 Å². The summed E-state index contributed by atoms with van der Waals surface area (Å²) in [5.74, 6) is 0.236. The number of hydrogen-bond donors (Lipinski definition) is 1. The summed E-state index contributed by atoms with van der Waals surface area (Å²) in [7, 11) is 0. The van der Waals surface area contributed by atoms with Gasteiger partial charge in [-0.3, -0.25) is 9.69 Å². The molecule has 3 heteroatoms. The Labute approximate surface area is 158 Å². The first-order chi connectivity index (χ1) is 12.2. The monoisotopic (exact) mass is 354 g/mol. The molecule has 142 valence electrons. The van der Waals surface area contributed by atoms with Crippen molar-refractivity contribution in [2.24, 2.45) is 0 Å². The molecular formula is C23H34N2O. The minimum Gasteiger partial charge on any atom is -0.353 e. The SMILES string of the molecule is C=C(C)CN1CCC(NC(=O)C2(c3ccc(C(C)(C)C)cc3)CC2)CC1. The van der Waals surface area contributed by atoms with Gasteiger partial charge >= 0.3 is 0 Å². The van der Waals surface area contributed by atoms with Crippen LogP contribution in [-0.4, -0.2) is 36.5 Å². The van der Waals surface area contributed by atoms with Crippen LogP contribution in [0.25, 0.3) is 0 Å². The third kappa shape index (κ3) is 4.20. The standard InChI is InChI=1S/C23H34N2O/c1-17(2)16-25-14-10-20(11-15-25)24-21(26)23(12-13-23)19-8-6-18(7-9-19)22(3,4)5/h6-9,20H,1,10-16H2,2-5H3,(H,24,26). The summed E-state index contributed by atoms with van der Waals surface area (Å²) in [6.07, 6.45) is 4.03. The van der Waals surface area contributed by atoms with E-state index in [1.54, 1.807) is 0 Å². The molecule has 0 unspecified atom stereocenters. The number of piperidine rings is 1. The fourth-order valence-electron chi connectivity index (χ4n) is 4.00. The van der Waals surface area contributed by atoms with Gasteiger partial charge < -0.3 is 5.32 Å². The fourth-order valence-corrected chi connectivity index (χ4v) is 4.00. The van der Waals surface area contributed by atoms with E-state index in [-0.39, 0.29) is 16.7 Å². The molecule has 1 aromatic carbocycles. The highest BCUT2D eigenvalue weighted by Crippen LogP contribution is 2.48. The summed E-state index contributed by atoms with van der Waals surface area (Å²) in [5, 5.41) is 3.35. The summed E-state index contributed by atoms with van der Waals surface area (Å²) in [6.45, 7) is 15.8. The maximum atomic E-state index is 13.0. The van der Waals surface area contributed by atoms with Crippen LogP contribution in [0.2, 0.25) is 0 Å². The number of nitrogens with zero attached hydrogens (tertiary/aromatic N) is 1. The third-order valence-electron chi connectivity index (χ3n) is 5.90. The van der Waals surface area contributed by atoms with E-state index < -0.39 is 0 Å². The van der Waals surface area contributed by atoms with E-state index in [2.05, 4.69) is 68.8 Å². The molecule has 3 rings (SSSR count). The highest BCUT2D eigenvalue weighted by atomic mass is 16.2. The molecule has 2 fully saturated rings. The molecule has 0 radical (unpaired) electrons. The van der Waals surface area contributed by atoms with E-state index in [9.17, 15) is 4.79 Å². The van der Waals surface area contributed by atoms with E-state index in [4.69, 9.17) is 0 Å². The predicted molar refractivity (Wildman–Crippen MR) is 108 cm³/mol. The topological polar surface area (TPSA) is 32.3 Å². The van der Waals surface area contributed by atoms with Gasteiger partial charge in [0.15, 0.2) is 0 Å². The molecule has 1 N–H and O–H groups in total. The highest BCUT2D eigenvalue weighted by molar-refractivity contribution is 5.91. The predicted octanol–water partition coefficient (Wildman–Crippen LogP) is 4.17. The molecule has 1 heterocycles. The minimum absolute atomic E-state index is 0.148. The lowest BCUT2D eigenvalue weighted by Crippen LogP contribution is -2.47. The molecule has 1 amide bonds. The van der Waals surface area contributed by atoms with Crippen molar-refractivity contribution in [3.05, 3.63) is 47.5 Å². The van der Waals surface area contributed by atoms with Gasteiger partial charge in [0.05, 0.1) is 5.41 Å². The molecule has 1 aliphatic heterocycles. The molecule has 1 saturated heterocycles. The molecule has 0 atom stereocenters. The first-order valence-corrected chi connectivity index (χ1v) is 9.99. The lowest BCUT2D eigenvalue weighted by molar-refractivity contribution is -0.124. The van der Waals surface area contributed by atoms with E-state index in [0.29, 0.717) is 6.04 Å². The summed E-state index contributed by atoms with van der Waals surface area (Å²) in [4.78, 5) is 15.4. The van der Waals surface area contributed by atoms with Crippen LogP contribution in [0.5, 0.6) is 0 Å². The molecule has 1 aliphatic carbocycles. The Morgan fingerprint density at radius 3 is 2.23 bits per heavy atom. The maximum absolute atomic E-state index is 13.0. The zero-order valence-corrected chi connectivity index (χ0v) is 16.9. The number of nitrogens with one attached hydrogen (secondary N) is 1. The van der Waals surface area contributed by atoms with Gasteiger partial charge in [0, 0.05) is 25.7 Å². The van der Waals surface area contributed by atoms with Crippen LogP contribution in [0.15, 0.2) is 36.4 Å². The Kier molecular flexibility index (Phi) is 5.30. The number of rotatable bonds is 5. The highest BCUT2D eigenvalue weighted by Gasteiger charge is 2.51. The largest absolute Gasteiger partial charge is 0.353 e. The second-order valence-electron chi connectivity index (χ2n) is 9.39. The number of benzene rings is 1. The van der Waals surface area contributed by atoms with Crippen molar-refractivity contribution in [3.8, 4) is 0 Å². The first kappa shape index (κ1) is 19.2. The molecule has 0 bridgehead atoms. The van der Waals surface area contributed by atoms with Crippen LogP contribution in [0.4, 0.5) is 0 Å². The van der Waals surface area contributed by atoms with Gasteiger partial charge in [0.25, 0.3) is 0 Å². The van der Waals surface area contributed by atoms with E-state index in [0.717, 1.165) is 45.3 Å². The van der Waals surface area contributed by atoms with Gasteiger partial charge in [0.1, 0.15) is 0 Å². The maximum Gasteiger partial charge on any atom is 0.230 e. The lowest BCUT2D eigenvalue weighted by atomic mass is 9.84. The number of amides is 1. The summed E-state index contributed by atoms with van der Waals surface area (Å²) >= 11 is 0. The van der Waals surface area contributed by atoms with Crippen molar-refractivity contribution in [2.45, 2.75) is 70.3 Å². The van der Waals surface area contributed by atoms with Gasteiger partial charge in [-0.2, -0.15) is 0 Å². The first-order valence-electron chi connectivity index (χ1n) is 9.99. The van der Waals surface area contributed by atoms with E-state index in [1.165, 1.54) is 16.7 Å². The summed E-state index contributed by atoms with van der Waals surface area (Å²) < 4.78 is 0. The van der Waals surface area contributed by atoms with Crippen molar-refractivity contribution in [3.63, 3.8) is 0 Å². The Morgan fingerprint density at radius 2 is 1.77 bits per heavy atom. The summed E-state index contributed by atoms with van der Waals surface area (Å²) in [5.41, 5.74) is 3.59. The second-order valence-corrected chi connectivity index (χ2v) is 9.39. The van der Waals surface area contributed by atoms with Crippen molar-refractivity contribution in [1.29, 1.82) is 0 Å². The Hall–Kier alpha value is -1.61. The average Bonchev–Trinajstić information content (AvgIpc) is 3.37. The molecular weight excluding hydrogens is 320 g/mol. The molecule has 1 saturated carbocycles. The number of carbonyl (C=O) groups excluding carboxylic acids is 1. The van der Waals surface area contributed by atoms with Crippen LogP contribution < -0.4 is 5.32 Å². The fraction of sp³-hybridized carbons (Fsp3) is 0.609. The second kappa shape index (κ2) is 7.19. The van der Waals surface area contributed by atoms with Crippen LogP contribution in [0.1, 0.15) is 64.5 Å². The van der Waals surface area contributed by atoms with Gasteiger partial charge in [-0.15, -0.1) is 0 Å². The van der Waals surface area contributed by atoms with Crippen molar-refractivity contribution in [2.75, 3.05) is 19.6 Å². The molecule has 2 aliphatic rings. The zero-order chi connectivity index (χ0) is 18.9. The number of likely N-dealkylation sites (tertiary alicyclic amines) is 1. The lowest BCUT2D eigenvalue weighted by Gasteiger charge is -2.33. The molecule has 0 aromatic heterocycles. The zero-order valence-electron chi connectivity index (χ0n) is 16.9. The van der Waals surface area contributed by atoms with Crippen molar-refractivity contribution >= 4 is 5.91 Å². The number of hydrogen-bond acceptors (Lipinski definition) is 2. The third-order valence-corrected chi connectivity index (χ3v) is 5.90. The number of carbonyl (C=O) groups is 1. The Bertz CT molecular complexity index is 656. The van der Waals surface area contributed by atoms with Crippen LogP contribution in [0, 0.1) is 0 Å². The quantitative estimate of drug-likeness (QED) is 0.805.